The van der Waals surface area contributed by atoms with Crippen LogP contribution in [0, 0.1) is 6.92 Å². The van der Waals surface area contributed by atoms with Gasteiger partial charge in [0.05, 0.1) is 0 Å². The molecular weight excluding hydrogens is 308 g/mol. The summed E-state index contributed by atoms with van der Waals surface area (Å²) in [6.07, 6.45) is 0. The Kier molecular flexibility index (Phi) is 4.63. The molecule has 0 aliphatic carbocycles. The number of hydrogen-bond donors (Lipinski definition) is 2. The fourth-order valence-electron chi connectivity index (χ4n) is 2.16. The molecule has 23 heavy (non-hydrogen) atoms. The molecular formula is C17H16N4OS. The highest BCUT2D eigenvalue weighted by molar-refractivity contribution is 7.09. The number of hydrogen-bond acceptors (Lipinski definition) is 5. The van der Waals surface area contributed by atoms with Gasteiger partial charge >= 0.3 is 0 Å². The Morgan fingerprint density at radius 3 is 2.30 bits per heavy atom. The summed E-state index contributed by atoms with van der Waals surface area (Å²) in [6, 6.07) is 18.4. The second-order valence-electron chi connectivity index (χ2n) is 4.99. The predicted molar refractivity (Wildman–Crippen MR) is 92.5 cm³/mol. The van der Waals surface area contributed by atoms with Crippen LogP contribution in [-0.4, -0.2) is 15.3 Å². The summed E-state index contributed by atoms with van der Waals surface area (Å²) < 4.78 is 4.14. The standard InChI is InChI=1S/C17H16N4OS/c1-12-18-17(23-21-12)20-15(13-8-4-2-5-9-13)16(22)19-14-10-6-3-7-11-14/h2-11,15H,1H3,(H,19,22)(H,18,20,21). The normalized spacial score (nSPS) is 11.7. The van der Waals surface area contributed by atoms with Crippen molar-refractivity contribution in [1.82, 2.24) is 9.36 Å². The minimum Gasteiger partial charge on any atom is -0.345 e. The summed E-state index contributed by atoms with van der Waals surface area (Å²) in [7, 11) is 0. The highest BCUT2D eigenvalue weighted by Crippen LogP contribution is 2.22. The monoisotopic (exact) mass is 324 g/mol. The highest BCUT2D eigenvalue weighted by atomic mass is 32.1. The fourth-order valence-corrected chi connectivity index (χ4v) is 2.76. The summed E-state index contributed by atoms with van der Waals surface area (Å²) in [4.78, 5) is 17.0. The van der Waals surface area contributed by atoms with Gasteiger partial charge in [-0.25, -0.2) is 4.98 Å². The minimum atomic E-state index is -0.538. The van der Waals surface area contributed by atoms with Crippen molar-refractivity contribution in [3.8, 4) is 0 Å². The average molecular weight is 324 g/mol. The maximum atomic E-state index is 12.7. The number of benzene rings is 2. The second kappa shape index (κ2) is 7.02. The van der Waals surface area contributed by atoms with Crippen LogP contribution in [0.3, 0.4) is 0 Å². The van der Waals surface area contributed by atoms with E-state index in [9.17, 15) is 4.79 Å². The lowest BCUT2D eigenvalue weighted by Gasteiger charge is -2.18. The number of aryl methyl sites for hydroxylation is 1. The van der Waals surface area contributed by atoms with E-state index in [2.05, 4.69) is 20.0 Å². The van der Waals surface area contributed by atoms with Crippen LogP contribution >= 0.6 is 11.5 Å². The first-order valence-corrected chi connectivity index (χ1v) is 7.97. The number of carbonyl (C=O) groups is 1. The Hall–Kier alpha value is -2.73. The Morgan fingerprint density at radius 1 is 1.04 bits per heavy atom. The van der Waals surface area contributed by atoms with Crippen molar-refractivity contribution >= 4 is 28.3 Å². The summed E-state index contributed by atoms with van der Waals surface area (Å²) in [5, 5.41) is 6.72. The number of rotatable bonds is 5. The molecule has 2 aromatic carbocycles. The van der Waals surface area contributed by atoms with Gasteiger partial charge in [0.1, 0.15) is 11.9 Å². The smallest absolute Gasteiger partial charge is 0.251 e. The Bertz CT molecular complexity index is 774. The van der Waals surface area contributed by atoms with E-state index in [1.807, 2.05) is 67.6 Å². The quantitative estimate of drug-likeness (QED) is 0.752. The lowest BCUT2D eigenvalue weighted by molar-refractivity contribution is -0.117. The summed E-state index contributed by atoms with van der Waals surface area (Å²) >= 11 is 1.24. The van der Waals surface area contributed by atoms with Crippen molar-refractivity contribution in [3.05, 3.63) is 72.1 Å². The third kappa shape index (κ3) is 3.92. The van der Waals surface area contributed by atoms with Gasteiger partial charge in [-0.2, -0.15) is 4.37 Å². The molecule has 116 valence electrons. The van der Waals surface area contributed by atoms with Crippen molar-refractivity contribution in [2.24, 2.45) is 0 Å². The van der Waals surface area contributed by atoms with Gasteiger partial charge in [0, 0.05) is 17.2 Å². The molecule has 0 bridgehead atoms. The fraction of sp³-hybridized carbons (Fsp3) is 0.118. The van der Waals surface area contributed by atoms with Crippen LogP contribution in [0.5, 0.6) is 0 Å². The van der Waals surface area contributed by atoms with Gasteiger partial charge in [0.2, 0.25) is 5.13 Å². The van der Waals surface area contributed by atoms with E-state index in [0.717, 1.165) is 11.3 Å². The largest absolute Gasteiger partial charge is 0.345 e. The van der Waals surface area contributed by atoms with Crippen LogP contribution in [0.15, 0.2) is 60.7 Å². The van der Waals surface area contributed by atoms with E-state index in [-0.39, 0.29) is 5.91 Å². The molecule has 0 fully saturated rings. The Morgan fingerprint density at radius 2 is 1.70 bits per heavy atom. The molecule has 0 saturated heterocycles. The van der Waals surface area contributed by atoms with Gasteiger partial charge in [-0.3, -0.25) is 4.79 Å². The van der Waals surface area contributed by atoms with Gasteiger partial charge in [-0.1, -0.05) is 48.5 Å². The molecule has 3 aromatic rings. The van der Waals surface area contributed by atoms with Crippen LogP contribution in [0.2, 0.25) is 0 Å². The van der Waals surface area contributed by atoms with Gasteiger partial charge in [0.25, 0.3) is 5.91 Å². The van der Waals surface area contributed by atoms with E-state index >= 15 is 0 Å². The number of para-hydroxylation sites is 1. The molecule has 0 saturated carbocycles. The van der Waals surface area contributed by atoms with Crippen molar-refractivity contribution in [1.29, 1.82) is 0 Å². The number of nitrogens with one attached hydrogen (secondary N) is 2. The van der Waals surface area contributed by atoms with Gasteiger partial charge < -0.3 is 10.6 Å². The zero-order valence-electron chi connectivity index (χ0n) is 12.6. The summed E-state index contributed by atoms with van der Waals surface area (Å²) in [5.74, 6) is 0.544. The predicted octanol–water partition coefficient (Wildman–Crippen LogP) is 3.64. The maximum absolute atomic E-state index is 12.7. The average Bonchev–Trinajstić information content (AvgIpc) is 2.99. The Labute approximate surface area is 138 Å². The molecule has 0 spiro atoms. The van der Waals surface area contributed by atoms with E-state index in [1.54, 1.807) is 0 Å². The van der Waals surface area contributed by atoms with E-state index < -0.39 is 6.04 Å². The second-order valence-corrected chi connectivity index (χ2v) is 5.74. The van der Waals surface area contributed by atoms with E-state index in [1.165, 1.54) is 11.5 Å². The van der Waals surface area contributed by atoms with Crippen molar-refractivity contribution in [3.63, 3.8) is 0 Å². The number of nitrogens with zero attached hydrogens (tertiary/aromatic N) is 2. The number of amides is 1. The summed E-state index contributed by atoms with van der Waals surface area (Å²) in [6.45, 7) is 1.82. The third-order valence-electron chi connectivity index (χ3n) is 3.23. The zero-order valence-corrected chi connectivity index (χ0v) is 13.4. The topological polar surface area (TPSA) is 66.9 Å². The van der Waals surface area contributed by atoms with Crippen LogP contribution in [0.25, 0.3) is 0 Å². The number of anilines is 2. The molecule has 1 atom stereocenters. The third-order valence-corrected chi connectivity index (χ3v) is 3.97. The van der Waals surface area contributed by atoms with Crippen LogP contribution in [0.1, 0.15) is 17.4 Å². The SMILES string of the molecule is Cc1nsc(NC(C(=O)Nc2ccccc2)c2ccccc2)n1. The molecule has 0 radical (unpaired) electrons. The van der Waals surface area contributed by atoms with Crippen LogP contribution in [0.4, 0.5) is 10.8 Å². The first-order chi connectivity index (χ1) is 11.2. The molecule has 0 aliphatic rings. The highest BCUT2D eigenvalue weighted by Gasteiger charge is 2.21. The minimum absolute atomic E-state index is 0.143. The molecule has 1 heterocycles. The molecule has 3 rings (SSSR count). The van der Waals surface area contributed by atoms with E-state index in [4.69, 9.17) is 0 Å². The number of carbonyl (C=O) groups excluding carboxylic acids is 1. The maximum Gasteiger partial charge on any atom is 0.251 e. The number of aromatic nitrogens is 2. The molecule has 1 amide bonds. The van der Waals surface area contributed by atoms with Gasteiger partial charge in [0.15, 0.2) is 0 Å². The lowest BCUT2D eigenvalue weighted by atomic mass is 10.1. The van der Waals surface area contributed by atoms with Crippen molar-refractivity contribution < 1.29 is 4.79 Å². The van der Waals surface area contributed by atoms with Crippen molar-refractivity contribution in [2.75, 3.05) is 10.6 Å². The van der Waals surface area contributed by atoms with Gasteiger partial charge in [-0.05, 0) is 24.6 Å². The van der Waals surface area contributed by atoms with Crippen LogP contribution < -0.4 is 10.6 Å². The zero-order chi connectivity index (χ0) is 16.1. The molecule has 1 aromatic heterocycles. The van der Waals surface area contributed by atoms with E-state index in [0.29, 0.717) is 11.0 Å². The Balaban J connectivity index is 1.84. The summed E-state index contributed by atoms with van der Waals surface area (Å²) in [5.41, 5.74) is 1.63. The molecule has 1 unspecified atom stereocenters. The van der Waals surface area contributed by atoms with Gasteiger partial charge in [-0.15, -0.1) is 0 Å². The first kappa shape index (κ1) is 15.2. The molecule has 2 N–H and O–H groups in total. The molecule has 6 heteroatoms. The lowest BCUT2D eigenvalue weighted by Crippen LogP contribution is -2.27. The molecule has 5 nitrogen and oxygen atoms in total. The van der Waals surface area contributed by atoms with Crippen molar-refractivity contribution in [2.45, 2.75) is 13.0 Å². The first-order valence-electron chi connectivity index (χ1n) is 7.20. The molecule has 0 aliphatic heterocycles. The van der Waals surface area contributed by atoms with Crippen LogP contribution in [-0.2, 0) is 4.79 Å².